The van der Waals surface area contributed by atoms with E-state index in [1.807, 2.05) is 31.6 Å². The van der Waals surface area contributed by atoms with Gasteiger partial charge >= 0.3 is 0 Å². The highest BCUT2D eigenvalue weighted by Crippen LogP contribution is 2.13. The van der Waals surface area contributed by atoms with Crippen LogP contribution < -0.4 is 5.32 Å². The van der Waals surface area contributed by atoms with Crippen molar-refractivity contribution in [3.8, 4) is 0 Å². The first-order chi connectivity index (χ1) is 9.99. The monoisotopic (exact) mass is 291 g/mol. The summed E-state index contributed by atoms with van der Waals surface area (Å²) in [4.78, 5) is 12.1. The van der Waals surface area contributed by atoms with Crippen molar-refractivity contribution in [2.75, 3.05) is 7.11 Å². The topological polar surface area (TPSA) is 84.8 Å². The molecule has 7 nitrogen and oxygen atoms in total. The Bertz CT molecular complexity index is 604. The van der Waals surface area contributed by atoms with E-state index in [9.17, 15) is 4.79 Å². The number of carbonyl (C=O) groups is 1. The van der Waals surface area contributed by atoms with Crippen LogP contribution in [0.1, 0.15) is 41.7 Å². The number of ether oxygens (including phenoxy) is 1. The second-order valence-corrected chi connectivity index (χ2v) is 5.20. The lowest BCUT2D eigenvalue weighted by molar-refractivity contribution is 0.0931. The van der Waals surface area contributed by atoms with Crippen molar-refractivity contribution in [3.05, 3.63) is 35.4 Å². The second kappa shape index (κ2) is 6.53. The van der Waals surface area contributed by atoms with Crippen molar-refractivity contribution >= 4 is 5.91 Å². The second-order valence-electron chi connectivity index (χ2n) is 5.20. The van der Waals surface area contributed by atoms with E-state index >= 15 is 0 Å². The van der Waals surface area contributed by atoms with Gasteiger partial charge in [-0.1, -0.05) is 0 Å². The van der Waals surface area contributed by atoms with Gasteiger partial charge in [0.15, 0.2) is 0 Å². The van der Waals surface area contributed by atoms with Gasteiger partial charge in [0.1, 0.15) is 5.69 Å². The third-order valence-electron chi connectivity index (χ3n) is 3.22. The molecule has 2 unspecified atom stereocenters. The highest BCUT2D eigenvalue weighted by Gasteiger charge is 2.16. The van der Waals surface area contributed by atoms with Crippen LogP contribution in [0.2, 0.25) is 0 Å². The van der Waals surface area contributed by atoms with Gasteiger partial charge in [0, 0.05) is 19.3 Å². The summed E-state index contributed by atoms with van der Waals surface area (Å²) in [5.74, 6) is -0.211. The van der Waals surface area contributed by atoms with Crippen molar-refractivity contribution in [2.45, 2.75) is 39.5 Å². The van der Waals surface area contributed by atoms with Crippen LogP contribution in [0, 0.1) is 6.92 Å². The summed E-state index contributed by atoms with van der Waals surface area (Å²) in [7, 11) is 1.61. The highest BCUT2D eigenvalue weighted by molar-refractivity contribution is 5.92. The molecule has 2 heterocycles. The SMILES string of the molecule is COC(C)c1cc(C(=O)NC(C)Cn2cc(C)cn2)n[nH]1. The maximum absolute atomic E-state index is 12.1. The van der Waals surface area contributed by atoms with Gasteiger partial charge in [0.25, 0.3) is 5.91 Å². The highest BCUT2D eigenvalue weighted by atomic mass is 16.5. The summed E-state index contributed by atoms with van der Waals surface area (Å²) in [5, 5.41) is 13.9. The van der Waals surface area contributed by atoms with Gasteiger partial charge in [-0.05, 0) is 32.4 Å². The van der Waals surface area contributed by atoms with Crippen molar-refractivity contribution in [2.24, 2.45) is 0 Å². The number of aryl methyl sites for hydroxylation is 1. The fraction of sp³-hybridized carbons (Fsp3) is 0.500. The number of hydrogen-bond donors (Lipinski definition) is 2. The molecule has 0 bridgehead atoms. The number of rotatable bonds is 6. The van der Waals surface area contributed by atoms with E-state index in [0.29, 0.717) is 12.2 Å². The lowest BCUT2D eigenvalue weighted by Gasteiger charge is -2.12. The molecular weight excluding hydrogens is 270 g/mol. The first kappa shape index (κ1) is 15.2. The van der Waals surface area contributed by atoms with Crippen LogP contribution in [0.15, 0.2) is 18.5 Å². The summed E-state index contributed by atoms with van der Waals surface area (Å²) < 4.78 is 6.99. The van der Waals surface area contributed by atoms with Crippen molar-refractivity contribution in [1.29, 1.82) is 0 Å². The number of methoxy groups -OCH3 is 1. The average Bonchev–Trinajstić information content (AvgIpc) is 3.07. The van der Waals surface area contributed by atoms with Crippen LogP contribution in [0.5, 0.6) is 0 Å². The Kier molecular flexibility index (Phi) is 4.74. The summed E-state index contributed by atoms with van der Waals surface area (Å²) >= 11 is 0. The fourth-order valence-electron chi connectivity index (χ4n) is 1.98. The predicted octanol–water partition coefficient (Wildman–Crippen LogP) is 1.44. The molecule has 2 atom stereocenters. The molecule has 0 aliphatic heterocycles. The number of nitrogens with zero attached hydrogens (tertiary/aromatic N) is 3. The third-order valence-corrected chi connectivity index (χ3v) is 3.22. The Hall–Kier alpha value is -2.15. The smallest absolute Gasteiger partial charge is 0.272 e. The molecule has 21 heavy (non-hydrogen) atoms. The molecule has 1 amide bonds. The van der Waals surface area contributed by atoms with E-state index in [0.717, 1.165) is 11.3 Å². The molecule has 7 heteroatoms. The zero-order valence-electron chi connectivity index (χ0n) is 12.8. The Balaban J connectivity index is 1.92. The molecule has 0 aromatic carbocycles. The van der Waals surface area contributed by atoms with Crippen LogP contribution in [-0.4, -0.2) is 39.0 Å². The number of aromatic nitrogens is 4. The molecule has 2 aromatic heterocycles. The fourth-order valence-corrected chi connectivity index (χ4v) is 1.98. The van der Waals surface area contributed by atoms with Gasteiger partial charge < -0.3 is 10.1 Å². The van der Waals surface area contributed by atoms with Crippen LogP contribution in [0.3, 0.4) is 0 Å². The van der Waals surface area contributed by atoms with Crippen molar-refractivity contribution in [1.82, 2.24) is 25.3 Å². The first-order valence-corrected chi connectivity index (χ1v) is 6.87. The van der Waals surface area contributed by atoms with E-state index in [1.165, 1.54) is 0 Å². The standard InChI is InChI=1S/C14H21N5O2/c1-9-6-15-19(7-9)8-10(2)16-14(20)13-5-12(17-18-13)11(3)21-4/h5-7,10-11H,8H2,1-4H3,(H,16,20)(H,17,18). The lowest BCUT2D eigenvalue weighted by Crippen LogP contribution is -2.36. The summed E-state index contributed by atoms with van der Waals surface area (Å²) in [6.45, 7) is 6.42. The molecule has 2 rings (SSSR count). The molecule has 0 radical (unpaired) electrons. The largest absolute Gasteiger partial charge is 0.375 e. The van der Waals surface area contributed by atoms with E-state index in [1.54, 1.807) is 19.4 Å². The van der Waals surface area contributed by atoms with Crippen LogP contribution >= 0.6 is 0 Å². The average molecular weight is 291 g/mol. The predicted molar refractivity (Wildman–Crippen MR) is 77.9 cm³/mol. The molecule has 0 aliphatic rings. The molecule has 0 saturated heterocycles. The normalized spacial score (nSPS) is 13.9. The minimum absolute atomic E-state index is 0.0446. The van der Waals surface area contributed by atoms with Crippen LogP contribution in [0.25, 0.3) is 0 Å². The van der Waals surface area contributed by atoms with E-state index < -0.39 is 0 Å². The molecular formula is C14H21N5O2. The molecule has 2 N–H and O–H groups in total. The molecule has 0 saturated carbocycles. The number of H-pyrrole nitrogens is 1. The number of nitrogens with one attached hydrogen (secondary N) is 2. The summed E-state index contributed by atoms with van der Waals surface area (Å²) in [6.07, 6.45) is 3.61. The summed E-state index contributed by atoms with van der Waals surface area (Å²) in [6, 6.07) is 1.66. The van der Waals surface area contributed by atoms with E-state index in [2.05, 4.69) is 20.6 Å². The van der Waals surface area contributed by atoms with Crippen LogP contribution in [0.4, 0.5) is 0 Å². The molecule has 114 valence electrons. The van der Waals surface area contributed by atoms with Gasteiger partial charge in [-0.3, -0.25) is 14.6 Å². The minimum Gasteiger partial charge on any atom is -0.375 e. The quantitative estimate of drug-likeness (QED) is 0.843. The van der Waals surface area contributed by atoms with Crippen molar-refractivity contribution < 1.29 is 9.53 Å². The van der Waals surface area contributed by atoms with Gasteiger partial charge in [-0.25, -0.2) is 0 Å². The zero-order valence-corrected chi connectivity index (χ0v) is 12.8. The molecule has 0 spiro atoms. The number of carbonyl (C=O) groups excluding carboxylic acids is 1. The lowest BCUT2D eigenvalue weighted by atomic mass is 10.2. The van der Waals surface area contributed by atoms with Gasteiger partial charge in [-0.15, -0.1) is 0 Å². The maximum atomic E-state index is 12.1. The Morgan fingerprint density at radius 1 is 1.52 bits per heavy atom. The van der Waals surface area contributed by atoms with Gasteiger partial charge in [0.05, 0.1) is 24.5 Å². The third kappa shape index (κ3) is 3.91. The van der Waals surface area contributed by atoms with Crippen LogP contribution in [-0.2, 0) is 11.3 Å². The van der Waals surface area contributed by atoms with E-state index in [4.69, 9.17) is 4.74 Å². The Labute approximate surface area is 123 Å². The maximum Gasteiger partial charge on any atom is 0.272 e. The van der Waals surface area contributed by atoms with Gasteiger partial charge in [0.2, 0.25) is 0 Å². The summed E-state index contributed by atoms with van der Waals surface area (Å²) in [5.41, 5.74) is 2.23. The Morgan fingerprint density at radius 3 is 2.90 bits per heavy atom. The molecule has 0 aliphatic carbocycles. The van der Waals surface area contributed by atoms with Crippen molar-refractivity contribution in [3.63, 3.8) is 0 Å². The first-order valence-electron chi connectivity index (χ1n) is 6.87. The van der Waals surface area contributed by atoms with Gasteiger partial charge in [-0.2, -0.15) is 10.2 Å². The number of aromatic amines is 1. The Morgan fingerprint density at radius 2 is 2.29 bits per heavy atom. The number of hydrogen-bond acceptors (Lipinski definition) is 4. The molecule has 2 aromatic rings. The van der Waals surface area contributed by atoms with E-state index in [-0.39, 0.29) is 18.1 Å². The minimum atomic E-state index is -0.211. The zero-order chi connectivity index (χ0) is 15.4. The number of amides is 1. The molecule has 0 fully saturated rings.